The summed E-state index contributed by atoms with van der Waals surface area (Å²) < 4.78 is 11.7. The van der Waals surface area contributed by atoms with Crippen molar-refractivity contribution in [2.45, 2.75) is 19.3 Å². The van der Waals surface area contributed by atoms with Gasteiger partial charge in [-0.1, -0.05) is 29.0 Å². The van der Waals surface area contributed by atoms with E-state index in [1.165, 1.54) is 17.8 Å². The summed E-state index contributed by atoms with van der Waals surface area (Å²) in [6.07, 6.45) is 3.48. The van der Waals surface area contributed by atoms with Gasteiger partial charge in [0.1, 0.15) is 11.3 Å². The number of carbonyl (C=O) groups is 1. The van der Waals surface area contributed by atoms with Gasteiger partial charge in [-0.05, 0) is 79.9 Å². The fourth-order valence-corrected chi connectivity index (χ4v) is 6.76. The largest absolute Gasteiger partial charge is 0.493 e. The molecule has 4 heterocycles. The van der Waals surface area contributed by atoms with Crippen LogP contribution in [0, 0.1) is 0 Å². The van der Waals surface area contributed by atoms with Gasteiger partial charge in [0.15, 0.2) is 22.3 Å². The second kappa shape index (κ2) is 11.8. The minimum absolute atomic E-state index is 0.240. The van der Waals surface area contributed by atoms with E-state index in [4.69, 9.17) is 31.0 Å². The highest BCUT2D eigenvalue weighted by atomic mass is 35.5. The lowest BCUT2D eigenvalue weighted by molar-refractivity contribution is 0.102. The Morgan fingerprint density at radius 1 is 0.909 bits per heavy atom. The van der Waals surface area contributed by atoms with E-state index in [1.54, 1.807) is 14.2 Å². The van der Waals surface area contributed by atoms with Crippen LogP contribution in [0.5, 0.6) is 11.5 Å². The van der Waals surface area contributed by atoms with Crippen molar-refractivity contribution in [3.63, 3.8) is 0 Å². The number of anilines is 2. The molecule has 6 aromatic rings. The van der Waals surface area contributed by atoms with Gasteiger partial charge in [-0.2, -0.15) is 4.98 Å². The molecule has 222 valence electrons. The fraction of sp³-hybridized carbons (Fsp3) is 0.212. The quantitative estimate of drug-likeness (QED) is 0.187. The zero-order chi connectivity index (χ0) is 30.2. The normalized spacial score (nSPS) is 13.4. The molecule has 0 saturated carbocycles. The summed E-state index contributed by atoms with van der Waals surface area (Å²) in [5.41, 5.74) is 5.60. The van der Waals surface area contributed by atoms with E-state index < -0.39 is 0 Å². The maximum Gasteiger partial charge on any atom is 0.257 e. The molecule has 1 amide bonds. The molecule has 1 saturated heterocycles. The molecule has 1 aliphatic heterocycles. The molecule has 0 spiro atoms. The molecule has 1 fully saturated rings. The van der Waals surface area contributed by atoms with Crippen LogP contribution in [-0.2, 0) is 0 Å². The zero-order valence-electron chi connectivity index (χ0n) is 24.2. The topological polar surface area (TPSA) is 105 Å². The standard InChI is InChI=1S/C33H29ClN6O3S/c1-42-26-14-11-20(17-27(26)43-2)25-18-22(29-31(37-25)39-33(44-29)40-15-4-3-5-16-40)32(41)35-21-12-9-19(10-13-21)30-36-24-8-6-7-23(34)28(24)38-30/h6-14,17-18H,3-5,15-16H2,1-2H3,(H,35,41)(H,36,38). The number of aromatic amines is 1. The number of methoxy groups -OCH3 is 2. The van der Waals surface area contributed by atoms with Gasteiger partial charge in [0.2, 0.25) is 0 Å². The molecule has 3 aromatic heterocycles. The highest BCUT2D eigenvalue weighted by Crippen LogP contribution is 2.37. The van der Waals surface area contributed by atoms with Gasteiger partial charge in [0.25, 0.3) is 5.91 Å². The molecule has 0 radical (unpaired) electrons. The van der Waals surface area contributed by atoms with Crippen LogP contribution in [0.3, 0.4) is 0 Å². The van der Waals surface area contributed by atoms with Crippen molar-refractivity contribution in [3.05, 3.63) is 77.3 Å². The van der Waals surface area contributed by atoms with Crippen molar-refractivity contribution in [1.29, 1.82) is 0 Å². The summed E-state index contributed by atoms with van der Waals surface area (Å²) >= 11 is 7.83. The maximum absolute atomic E-state index is 13.9. The number of para-hydroxylation sites is 1. The number of nitrogens with zero attached hydrogens (tertiary/aromatic N) is 4. The number of ether oxygens (including phenoxy) is 2. The van der Waals surface area contributed by atoms with E-state index >= 15 is 0 Å². The first-order valence-electron chi connectivity index (χ1n) is 14.4. The van der Waals surface area contributed by atoms with Crippen molar-refractivity contribution >= 4 is 61.0 Å². The summed E-state index contributed by atoms with van der Waals surface area (Å²) in [6.45, 7) is 1.90. The summed E-state index contributed by atoms with van der Waals surface area (Å²) in [4.78, 5) is 33.9. The third-order valence-corrected chi connectivity index (χ3v) is 9.22. The zero-order valence-corrected chi connectivity index (χ0v) is 25.8. The molecule has 9 nitrogen and oxygen atoms in total. The molecule has 44 heavy (non-hydrogen) atoms. The predicted octanol–water partition coefficient (Wildman–Crippen LogP) is 7.81. The van der Waals surface area contributed by atoms with Crippen molar-refractivity contribution < 1.29 is 14.3 Å². The van der Waals surface area contributed by atoms with Gasteiger partial charge in [-0.3, -0.25) is 4.79 Å². The van der Waals surface area contributed by atoms with Crippen molar-refractivity contribution in [3.8, 4) is 34.1 Å². The van der Waals surface area contributed by atoms with Crippen molar-refractivity contribution in [2.24, 2.45) is 0 Å². The predicted molar refractivity (Wildman–Crippen MR) is 177 cm³/mol. The fourth-order valence-electron chi connectivity index (χ4n) is 5.48. The molecular weight excluding hydrogens is 596 g/mol. The maximum atomic E-state index is 13.9. The van der Waals surface area contributed by atoms with Gasteiger partial charge < -0.3 is 24.7 Å². The minimum atomic E-state index is -0.240. The van der Waals surface area contributed by atoms with Crippen LogP contribution in [0.15, 0.2) is 66.7 Å². The number of nitrogens with one attached hydrogen (secondary N) is 2. The Morgan fingerprint density at radius 3 is 2.43 bits per heavy atom. The van der Waals surface area contributed by atoms with E-state index in [1.807, 2.05) is 66.7 Å². The van der Waals surface area contributed by atoms with Crippen molar-refractivity contribution in [1.82, 2.24) is 19.9 Å². The van der Waals surface area contributed by atoms with Gasteiger partial charge in [-0.15, -0.1) is 0 Å². The number of hydrogen-bond donors (Lipinski definition) is 2. The van der Waals surface area contributed by atoms with Crippen LogP contribution in [0.25, 0.3) is 44.0 Å². The first-order chi connectivity index (χ1) is 21.5. The van der Waals surface area contributed by atoms with Crippen LogP contribution >= 0.6 is 22.9 Å². The number of thiazole rings is 1. The van der Waals surface area contributed by atoms with E-state index in [0.717, 1.165) is 57.9 Å². The monoisotopic (exact) mass is 624 g/mol. The Kier molecular flexibility index (Phi) is 7.53. The Balaban J connectivity index is 1.23. The number of amides is 1. The van der Waals surface area contributed by atoms with E-state index in [-0.39, 0.29) is 5.91 Å². The van der Waals surface area contributed by atoms with Crippen LogP contribution in [0.4, 0.5) is 10.8 Å². The smallest absolute Gasteiger partial charge is 0.257 e. The average molecular weight is 625 g/mol. The van der Waals surface area contributed by atoms with Gasteiger partial charge >= 0.3 is 0 Å². The number of piperidine rings is 1. The summed E-state index contributed by atoms with van der Waals surface area (Å²) in [5.74, 6) is 1.66. The molecule has 0 bridgehead atoms. The van der Waals surface area contributed by atoms with Crippen molar-refractivity contribution in [2.75, 3.05) is 37.5 Å². The number of halogens is 1. The second-order valence-corrected chi connectivity index (χ2v) is 12.0. The second-order valence-electron chi connectivity index (χ2n) is 10.6. The van der Waals surface area contributed by atoms with Crippen LogP contribution in [0.2, 0.25) is 5.02 Å². The number of rotatable bonds is 7. The number of pyridine rings is 1. The lowest BCUT2D eigenvalue weighted by Crippen LogP contribution is -2.29. The molecule has 2 N–H and O–H groups in total. The number of H-pyrrole nitrogens is 1. The molecule has 1 aliphatic rings. The molecule has 0 unspecified atom stereocenters. The first-order valence-corrected chi connectivity index (χ1v) is 15.5. The summed E-state index contributed by atoms with van der Waals surface area (Å²) in [7, 11) is 3.19. The van der Waals surface area contributed by atoms with E-state index in [2.05, 4.69) is 20.2 Å². The van der Waals surface area contributed by atoms with E-state index in [9.17, 15) is 4.79 Å². The molecule has 3 aromatic carbocycles. The number of imidazole rings is 1. The molecular formula is C33H29ClN6O3S. The lowest BCUT2D eigenvalue weighted by Gasteiger charge is -2.25. The van der Waals surface area contributed by atoms with Gasteiger partial charge in [0, 0.05) is 29.9 Å². The number of fused-ring (bicyclic) bond motifs is 2. The lowest BCUT2D eigenvalue weighted by atomic mass is 10.1. The average Bonchev–Trinajstić information content (AvgIpc) is 3.70. The Morgan fingerprint density at radius 2 is 1.68 bits per heavy atom. The molecule has 7 rings (SSSR count). The Bertz CT molecular complexity index is 2000. The first kappa shape index (κ1) is 28.1. The van der Waals surface area contributed by atoms with Gasteiger partial charge in [-0.25, -0.2) is 9.97 Å². The number of benzene rings is 3. The number of carbonyl (C=O) groups excluding carboxylic acids is 1. The Labute approximate surface area is 262 Å². The third-order valence-electron chi connectivity index (χ3n) is 7.78. The molecule has 11 heteroatoms. The van der Waals surface area contributed by atoms with E-state index in [0.29, 0.717) is 44.9 Å². The molecule has 0 aliphatic carbocycles. The summed E-state index contributed by atoms with van der Waals surface area (Å²) in [6, 6.07) is 20.6. The summed E-state index contributed by atoms with van der Waals surface area (Å²) in [5, 5.41) is 4.56. The van der Waals surface area contributed by atoms with Crippen LogP contribution in [-0.4, -0.2) is 53.2 Å². The number of aromatic nitrogens is 4. The minimum Gasteiger partial charge on any atom is -0.493 e. The molecule has 0 atom stereocenters. The van der Waals surface area contributed by atoms with Crippen LogP contribution in [0.1, 0.15) is 29.6 Å². The number of hydrogen-bond acceptors (Lipinski definition) is 8. The highest BCUT2D eigenvalue weighted by Gasteiger charge is 2.22. The third kappa shape index (κ3) is 5.31. The van der Waals surface area contributed by atoms with Gasteiger partial charge in [0.05, 0.1) is 40.7 Å². The Hall–Kier alpha value is -4.67. The highest BCUT2D eigenvalue weighted by molar-refractivity contribution is 7.22. The SMILES string of the molecule is COc1ccc(-c2cc(C(=O)Nc3ccc(-c4nc5c(Cl)cccc5[nH]4)cc3)c3sc(N4CCCCC4)nc3n2)cc1OC. The van der Waals surface area contributed by atoms with Crippen LogP contribution < -0.4 is 19.7 Å².